The Hall–Kier alpha value is -11.8. The zero-order valence-electron chi connectivity index (χ0n) is 50.6. The van der Waals surface area contributed by atoms with Gasteiger partial charge < -0.3 is 18.7 Å². The molecule has 0 amide bonds. The summed E-state index contributed by atoms with van der Waals surface area (Å²) in [4.78, 5) is 3.32. The Morgan fingerprint density at radius 2 is 0.613 bits per heavy atom. The SMILES string of the molecule is Brc1cccc(-c2ccc3c4ccccc4c4ccccc4c3c2)c1.c1ccc(-n2c3ccccc3c3ccc4[nH]ccc4c32)cc1.c1ccc(-n2c3ccccc3c3ccc4c(ccn4-c4cccc(-c5ccc6c7ccccc7c7ccccc7c6c5)c4)c32)cc1. The molecule has 0 bridgehead atoms. The quantitative estimate of drug-likeness (QED) is 0.167. The normalized spacial score (nSPS) is 11.7. The van der Waals surface area contributed by atoms with Gasteiger partial charge in [-0.15, -0.1) is 0 Å². The first kappa shape index (κ1) is 54.2. The van der Waals surface area contributed by atoms with E-state index in [2.05, 4.69) is 368 Å². The van der Waals surface area contributed by atoms with E-state index in [4.69, 9.17) is 0 Å². The monoisotopic (exact) mass is 1250 g/mol. The van der Waals surface area contributed by atoms with Gasteiger partial charge in [0.1, 0.15) is 0 Å². The van der Waals surface area contributed by atoms with Crippen LogP contribution in [0.1, 0.15) is 0 Å². The molecular weight excluding hydrogens is 1190 g/mol. The van der Waals surface area contributed by atoms with Crippen molar-refractivity contribution in [2.45, 2.75) is 0 Å². The summed E-state index contributed by atoms with van der Waals surface area (Å²) in [5, 5.41) is 23.3. The third kappa shape index (κ3) is 9.03. The Bertz CT molecular complexity index is 6250. The van der Waals surface area contributed by atoms with E-state index in [1.54, 1.807) is 0 Å². The molecule has 4 heterocycles. The van der Waals surface area contributed by atoms with Crippen LogP contribution in [0, 0.1) is 0 Å². The fourth-order valence-corrected chi connectivity index (χ4v) is 15.3. The zero-order valence-corrected chi connectivity index (χ0v) is 52.1. The fraction of sp³-hybridized carbons (Fsp3) is 0. The predicted molar refractivity (Wildman–Crippen MR) is 400 cm³/mol. The summed E-state index contributed by atoms with van der Waals surface area (Å²) in [5.74, 6) is 0. The molecule has 0 aliphatic heterocycles. The van der Waals surface area contributed by atoms with Crippen molar-refractivity contribution >= 4 is 146 Å². The first-order valence-corrected chi connectivity index (χ1v) is 32.5. The van der Waals surface area contributed by atoms with E-state index < -0.39 is 0 Å². The van der Waals surface area contributed by atoms with Crippen LogP contribution in [0.5, 0.6) is 0 Å². The van der Waals surface area contributed by atoms with Gasteiger partial charge in [-0.1, -0.05) is 246 Å². The van der Waals surface area contributed by atoms with E-state index in [0.29, 0.717) is 0 Å². The second-order valence-corrected chi connectivity index (χ2v) is 25.0. The Labute approximate surface area is 544 Å². The van der Waals surface area contributed by atoms with Gasteiger partial charge in [-0.05, 0) is 184 Å². The number of fused-ring (bicyclic) bond motifs is 22. The number of aromatic nitrogens is 4. The van der Waals surface area contributed by atoms with Gasteiger partial charge in [0.05, 0.1) is 27.6 Å². The van der Waals surface area contributed by atoms with E-state index in [1.165, 1.54) is 164 Å². The van der Waals surface area contributed by atoms with Gasteiger partial charge in [0.15, 0.2) is 0 Å². The van der Waals surface area contributed by atoms with Crippen molar-refractivity contribution in [1.29, 1.82) is 0 Å². The largest absolute Gasteiger partial charge is 0.361 e. The molecular formula is C88H57BrN4. The summed E-state index contributed by atoms with van der Waals surface area (Å²) in [7, 11) is 0. The minimum absolute atomic E-state index is 1.11. The van der Waals surface area contributed by atoms with E-state index in [9.17, 15) is 0 Å². The molecule has 4 nitrogen and oxygen atoms in total. The molecule has 1 N–H and O–H groups in total. The van der Waals surface area contributed by atoms with Crippen LogP contribution in [0.15, 0.2) is 344 Å². The summed E-state index contributed by atoms with van der Waals surface area (Å²) in [6.07, 6.45) is 4.23. The maximum atomic E-state index is 3.58. The van der Waals surface area contributed by atoms with Crippen LogP contribution in [0.3, 0.4) is 0 Å². The second kappa shape index (κ2) is 22.3. The first-order valence-electron chi connectivity index (χ1n) is 31.7. The van der Waals surface area contributed by atoms with Crippen LogP contribution in [-0.4, -0.2) is 18.7 Å². The molecule has 4 aromatic heterocycles. The molecule has 0 saturated heterocycles. The van der Waals surface area contributed by atoms with Crippen LogP contribution < -0.4 is 0 Å². The fourth-order valence-electron chi connectivity index (χ4n) is 14.9. The Balaban J connectivity index is 0.000000114. The zero-order chi connectivity index (χ0) is 61.5. The summed E-state index contributed by atoms with van der Waals surface area (Å²) in [6.45, 7) is 0. The van der Waals surface area contributed by atoms with Gasteiger partial charge in [-0.25, -0.2) is 0 Å². The Kier molecular flexibility index (Phi) is 13.0. The van der Waals surface area contributed by atoms with Crippen molar-refractivity contribution in [3.63, 3.8) is 0 Å². The van der Waals surface area contributed by atoms with Crippen molar-refractivity contribution < 1.29 is 0 Å². The smallest absolute Gasteiger partial charge is 0.0635 e. The number of rotatable bonds is 5. The van der Waals surface area contributed by atoms with E-state index in [-0.39, 0.29) is 0 Å². The number of hydrogen-bond acceptors (Lipinski definition) is 0. The van der Waals surface area contributed by atoms with Crippen LogP contribution in [-0.2, 0) is 0 Å². The number of aromatic amines is 1. The minimum Gasteiger partial charge on any atom is -0.361 e. The van der Waals surface area contributed by atoms with Gasteiger partial charge in [0.2, 0.25) is 0 Å². The molecule has 93 heavy (non-hydrogen) atoms. The van der Waals surface area contributed by atoms with E-state index in [0.717, 1.165) is 10.2 Å². The Morgan fingerprint density at radius 3 is 1.12 bits per heavy atom. The van der Waals surface area contributed by atoms with Crippen molar-refractivity contribution in [3.05, 3.63) is 344 Å². The first-order chi connectivity index (χ1) is 46.1. The lowest BCUT2D eigenvalue weighted by molar-refractivity contribution is 1.13. The molecule has 16 aromatic carbocycles. The number of para-hydroxylation sites is 4. The van der Waals surface area contributed by atoms with Gasteiger partial charge >= 0.3 is 0 Å². The maximum absolute atomic E-state index is 3.58. The second-order valence-electron chi connectivity index (χ2n) is 24.1. The van der Waals surface area contributed by atoms with Crippen LogP contribution in [0.25, 0.3) is 169 Å². The van der Waals surface area contributed by atoms with E-state index >= 15 is 0 Å². The topological polar surface area (TPSA) is 30.6 Å². The molecule has 0 saturated carbocycles. The molecule has 20 aromatic rings. The summed E-state index contributed by atoms with van der Waals surface area (Å²) in [5.41, 5.74) is 15.8. The molecule has 0 fully saturated rings. The van der Waals surface area contributed by atoms with Crippen molar-refractivity contribution in [2.24, 2.45) is 0 Å². The highest BCUT2D eigenvalue weighted by Gasteiger charge is 2.19. The average molecular weight is 1250 g/mol. The third-order valence-corrected chi connectivity index (χ3v) is 19.5. The maximum Gasteiger partial charge on any atom is 0.0635 e. The number of H-pyrrole nitrogens is 1. The lowest BCUT2D eigenvalue weighted by Crippen LogP contribution is -1.95. The van der Waals surface area contributed by atoms with Crippen LogP contribution >= 0.6 is 15.9 Å². The van der Waals surface area contributed by atoms with E-state index in [1.807, 2.05) is 6.20 Å². The van der Waals surface area contributed by atoms with Crippen molar-refractivity contribution in [1.82, 2.24) is 18.7 Å². The van der Waals surface area contributed by atoms with Crippen molar-refractivity contribution in [2.75, 3.05) is 0 Å². The standard InChI is InChI=1S/C44H28N2.C24H15Br.C20H14N2/c1-2-12-31(13-3-1)46-43-20-9-8-19-38(43)39-23-24-42-40(44(39)46)25-26-45(42)32-14-10-11-29(27-32)30-21-22-37-35-17-5-4-15-33(35)34-16-6-7-18-36(34)41(37)28-30;25-18-7-5-6-16(14-18)17-12-13-23-21-10-2-1-8-19(21)20-9-3-4-11-22(20)24(23)15-17;1-2-6-14(7-3-1)22-19-9-5-4-8-15(19)16-10-11-18-17(20(16)22)12-13-21-18/h1-28H;1-15H;1-13,21H. The molecule has 0 atom stereocenters. The van der Waals surface area contributed by atoms with Crippen LogP contribution in [0.4, 0.5) is 0 Å². The van der Waals surface area contributed by atoms with Gasteiger partial charge in [0, 0.05) is 71.8 Å². The van der Waals surface area contributed by atoms with Gasteiger partial charge in [-0.2, -0.15) is 0 Å². The molecule has 20 rings (SSSR count). The number of halogens is 1. The van der Waals surface area contributed by atoms with Crippen molar-refractivity contribution in [3.8, 4) is 39.3 Å². The molecule has 0 spiro atoms. The Morgan fingerprint density at radius 1 is 0.226 bits per heavy atom. The minimum atomic E-state index is 1.11. The summed E-state index contributed by atoms with van der Waals surface area (Å²) in [6, 6.07) is 118. The molecule has 0 aliphatic rings. The number of benzene rings is 16. The lowest BCUT2D eigenvalue weighted by Gasteiger charge is -2.13. The number of hydrogen-bond donors (Lipinski definition) is 1. The highest BCUT2D eigenvalue weighted by molar-refractivity contribution is 9.10. The molecule has 5 heteroatoms. The summed E-state index contributed by atoms with van der Waals surface area (Å²) >= 11 is 3.58. The molecule has 436 valence electrons. The molecule has 0 radical (unpaired) electrons. The third-order valence-electron chi connectivity index (χ3n) is 19.0. The van der Waals surface area contributed by atoms with Gasteiger partial charge in [0.25, 0.3) is 0 Å². The highest BCUT2D eigenvalue weighted by atomic mass is 79.9. The summed E-state index contributed by atoms with van der Waals surface area (Å²) < 4.78 is 8.21. The highest BCUT2D eigenvalue weighted by Crippen LogP contribution is 2.42. The number of nitrogens with zero attached hydrogens (tertiary/aromatic N) is 3. The average Bonchev–Trinajstić information content (AvgIpc) is 1.71. The van der Waals surface area contributed by atoms with Crippen LogP contribution in [0.2, 0.25) is 0 Å². The molecule has 0 unspecified atom stereocenters. The predicted octanol–water partition coefficient (Wildman–Crippen LogP) is 24.7. The van der Waals surface area contributed by atoms with Gasteiger partial charge in [-0.3, -0.25) is 0 Å². The number of nitrogens with one attached hydrogen (secondary N) is 1. The lowest BCUT2D eigenvalue weighted by atomic mass is 9.92. The molecule has 0 aliphatic carbocycles.